The first-order valence-electron chi connectivity index (χ1n) is 11.9. The van der Waals surface area contributed by atoms with Crippen molar-refractivity contribution >= 4 is 24.0 Å². The number of hydrazone groups is 1. The molecule has 1 amide bonds. The standard InChI is InChI=1S/C27H24N2O4.C3H6O/c1-17-8-10-19(11-9-17)25(31)29-28-16-20-23(30)13-12-18-14-15-27(32-24(18)20)22-7-5-4-6-21(22)26(2,3)33-27;1-3(2)4/h4-16,30H,1-3H3,(H,29,31);1-2H3/b28-16+;/t27-;/m0./s1. The fourth-order valence-electron chi connectivity index (χ4n) is 4.29. The third kappa shape index (κ3) is 5.32. The summed E-state index contributed by atoms with van der Waals surface area (Å²) in [5.74, 6) is -0.881. The highest BCUT2D eigenvalue weighted by molar-refractivity contribution is 5.96. The van der Waals surface area contributed by atoms with Crippen LogP contribution < -0.4 is 10.2 Å². The van der Waals surface area contributed by atoms with Gasteiger partial charge in [0.15, 0.2) is 0 Å². The molecule has 2 heterocycles. The van der Waals surface area contributed by atoms with Crippen LogP contribution in [0.4, 0.5) is 0 Å². The van der Waals surface area contributed by atoms with Crippen molar-refractivity contribution in [2.45, 2.75) is 46.0 Å². The number of ether oxygens (including phenoxy) is 2. The molecule has 1 atom stereocenters. The number of Topliss-reactive ketones (excluding diaryl/α,β-unsaturated/α-hetero) is 1. The highest BCUT2D eigenvalue weighted by Crippen LogP contribution is 2.51. The zero-order chi connectivity index (χ0) is 26.8. The van der Waals surface area contributed by atoms with Crippen LogP contribution in [0.5, 0.6) is 11.5 Å². The second kappa shape index (κ2) is 10.0. The molecule has 0 radical (unpaired) electrons. The van der Waals surface area contributed by atoms with Gasteiger partial charge >= 0.3 is 0 Å². The molecular weight excluding hydrogens is 468 g/mol. The first-order chi connectivity index (χ1) is 17.5. The van der Waals surface area contributed by atoms with Crippen molar-refractivity contribution in [3.63, 3.8) is 0 Å². The van der Waals surface area contributed by atoms with E-state index in [0.717, 1.165) is 22.3 Å². The summed E-state index contributed by atoms with van der Waals surface area (Å²) < 4.78 is 12.8. The normalized spacial score (nSPS) is 18.4. The van der Waals surface area contributed by atoms with E-state index < -0.39 is 11.4 Å². The molecule has 0 unspecified atom stereocenters. The molecule has 0 saturated carbocycles. The Labute approximate surface area is 216 Å². The molecule has 3 aromatic carbocycles. The van der Waals surface area contributed by atoms with E-state index in [9.17, 15) is 14.7 Å². The summed E-state index contributed by atoms with van der Waals surface area (Å²) in [6, 6.07) is 18.5. The van der Waals surface area contributed by atoms with Crippen LogP contribution in [0.15, 0.2) is 71.8 Å². The van der Waals surface area contributed by atoms with Crippen LogP contribution in [0.1, 0.15) is 65.9 Å². The van der Waals surface area contributed by atoms with E-state index in [-0.39, 0.29) is 17.4 Å². The average Bonchev–Trinajstić information content (AvgIpc) is 3.07. The maximum Gasteiger partial charge on any atom is 0.271 e. The molecule has 2 aliphatic heterocycles. The molecule has 37 heavy (non-hydrogen) atoms. The molecule has 2 aliphatic rings. The Kier molecular flexibility index (Phi) is 7.01. The number of nitrogens with one attached hydrogen (secondary N) is 1. The molecule has 2 N–H and O–H groups in total. The van der Waals surface area contributed by atoms with Crippen LogP contribution in [-0.2, 0) is 20.9 Å². The number of fused-ring (bicyclic) bond motifs is 3. The number of aromatic hydroxyl groups is 1. The van der Waals surface area contributed by atoms with E-state index in [1.54, 1.807) is 24.3 Å². The zero-order valence-electron chi connectivity index (χ0n) is 21.5. The number of ketones is 1. The molecule has 1 spiro atoms. The molecule has 0 fully saturated rings. The SMILES string of the molecule is CC(C)=O.Cc1ccc(C(=O)N/N=C/c2c(O)ccc3c2O[C@@]2(C=C3)OC(C)(C)c3ccccc32)cc1. The maximum absolute atomic E-state index is 12.4. The van der Waals surface area contributed by atoms with Crippen molar-refractivity contribution in [2.75, 3.05) is 0 Å². The van der Waals surface area contributed by atoms with E-state index in [0.29, 0.717) is 16.9 Å². The summed E-state index contributed by atoms with van der Waals surface area (Å²) in [5, 5.41) is 14.6. The predicted octanol–water partition coefficient (Wildman–Crippen LogP) is 5.58. The molecule has 0 saturated heterocycles. The number of rotatable bonds is 3. The Morgan fingerprint density at radius 2 is 1.62 bits per heavy atom. The van der Waals surface area contributed by atoms with E-state index in [2.05, 4.69) is 10.5 Å². The summed E-state index contributed by atoms with van der Waals surface area (Å²) in [4.78, 5) is 21.8. The minimum Gasteiger partial charge on any atom is -0.507 e. The summed E-state index contributed by atoms with van der Waals surface area (Å²) in [6.07, 6.45) is 5.19. The monoisotopic (exact) mass is 498 g/mol. The fraction of sp³-hybridized carbons (Fsp3) is 0.233. The van der Waals surface area contributed by atoms with Gasteiger partial charge in [-0.25, -0.2) is 5.43 Å². The highest BCUT2D eigenvalue weighted by Gasteiger charge is 2.51. The van der Waals surface area contributed by atoms with Crippen LogP contribution in [0, 0.1) is 6.92 Å². The van der Waals surface area contributed by atoms with E-state index >= 15 is 0 Å². The number of hydrogen-bond donors (Lipinski definition) is 2. The number of phenols is 1. The van der Waals surface area contributed by atoms with Crippen molar-refractivity contribution < 1.29 is 24.2 Å². The van der Waals surface area contributed by atoms with E-state index in [4.69, 9.17) is 9.47 Å². The van der Waals surface area contributed by atoms with Gasteiger partial charge in [0.05, 0.1) is 17.4 Å². The number of benzene rings is 3. The summed E-state index contributed by atoms with van der Waals surface area (Å²) in [5.41, 5.74) is 6.59. The lowest BCUT2D eigenvalue weighted by molar-refractivity contribution is -0.202. The number of phenolic OH excluding ortho intramolecular Hbond substituents is 1. The van der Waals surface area contributed by atoms with Gasteiger partial charge in [-0.2, -0.15) is 5.10 Å². The lowest BCUT2D eigenvalue weighted by Gasteiger charge is -2.34. The van der Waals surface area contributed by atoms with Crippen molar-refractivity contribution in [3.05, 3.63) is 100 Å². The Morgan fingerprint density at radius 1 is 0.973 bits per heavy atom. The zero-order valence-corrected chi connectivity index (χ0v) is 21.5. The second-order valence-corrected chi connectivity index (χ2v) is 9.65. The van der Waals surface area contributed by atoms with Crippen molar-refractivity contribution in [2.24, 2.45) is 5.10 Å². The smallest absolute Gasteiger partial charge is 0.271 e. The van der Waals surface area contributed by atoms with Crippen LogP contribution in [0.3, 0.4) is 0 Å². The average molecular weight is 499 g/mol. The third-order valence-corrected chi connectivity index (χ3v) is 5.97. The molecule has 5 rings (SSSR count). The number of carbonyl (C=O) groups is 2. The van der Waals surface area contributed by atoms with Crippen molar-refractivity contribution in [1.29, 1.82) is 0 Å². The molecule has 7 heteroatoms. The van der Waals surface area contributed by atoms with E-state index in [1.165, 1.54) is 20.1 Å². The molecule has 0 aromatic heterocycles. The number of hydrogen-bond acceptors (Lipinski definition) is 6. The lowest BCUT2D eigenvalue weighted by Crippen LogP contribution is -2.35. The summed E-state index contributed by atoms with van der Waals surface area (Å²) in [6.45, 7) is 9.01. The Balaban J connectivity index is 0.000000747. The van der Waals surface area contributed by atoms with Crippen LogP contribution in [-0.4, -0.2) is 23.0 Å². The third-order valence-electron chi connectivity index (χ3n) is 5.97. The van der Waals surface area contributed by atoms with Gasteiger partial charge < -0.3 is 19.4 Å². The molecule has 0 aliphatic carbocycles. The quantitative estimate of drug-likeness (QED) is 0.363. The van der Waals surface area contributed by atoms with Crippen LogP contribution in [0.25, 0.3) is 6.08 Å². The summed E-state index contributed by atoms with van der Waals surface area (Å²) >= 11 is 0. The number of nitrogens with zero attached hydrogens (tertiary/aromatic N) is 1. The lowest BCUT2D eigenvalue weighted by atomic mass is 9.92. The van der Waals surface area contributed by atoms with Crippen LogP contribution >= 0.6 is 0 Å². The van der Waals surface area contributed by atoms with Gasteiger partial charge in [-0.05, 0) is 76.6 Å². The Bertz CT molecular complexity index is 1400. The van der Waals surface area contributed by atoms with Crippen molar-refractivity contribution in [1.82, 2.24) is 5.43 Å². The van der Waals surface area contributed by atoms with Gasteiger partial charge in [0.1, 0.15) is 17.3 Å². The van der Waals surface area contributed by atoms with Gasteiger partial charge in [0.25, 0.3) is 11.7 Å². The van der Waals surface area contributed by atoms with Gasteiger partial charge in [0.2, 0.25) is 0 Å². The Morgan fingerprint density at radius 3 is 2.30 bits per heavy atom. The molecular formula is C30H30N2O5. The highest BCUT2D eigenvalue weighted by atomic mass is 16.7. The topological polar surface area (TPSA) is 97.2 Å². The first kappa shape index (κ1) is 25.9. The minimum atomic E-state index is -1.12. The van der Waals surface area contributed by atoms with E-state index in [1.807, 2.05) is 69.3 Å². The van der Waals surface area contributed by atoms with Gasteiger partial charge in [0, 0.05) is 16.7 Å². The number of carbonyl (C=O) groups excluding carboxylic acids is 2. The number of aryl methyl sites for hydroxylation is 1. The van der Waals surface area contributed by atoms with Gasteiger partial charge in [-0.15, -0.1) is 0 Å². The largest absolute Gasteiger partial charge is 0.507 e. The number of amides is 1. The maximum atomic E-state index is 12.4. The first-order valence-corrected chi connectivity index (χ1v) is 11.9. The fourth-order valence-corrected chi connectivity index (χ4v) is 4.29. The predicted molar refractivity (Wildman–Crippen MR) is 143 cm³/mol. The molecule has 7 nitrogen and oxygen atoms in total. The summed E-state index contributed by atoms with van der Waals surface area (Å²) in [7, 11) is 0. The van der Waals surface area contributed by atoms with Crippen LogP contribution in [0.2, 0.25) is 0 Å². The minimum absolute atomic E-state index is 0.0157. The van der Waals surface area contributed by atoms with Gasteiger partial charge in [-0.3, -0.25) is 4.79 Å². The van der Waals surface area contributed by atoms with Crippen molar-refractivity contribution in [3.8, 4) is 11.5 Å². The molecule has 3 aromatic rings. The molecule has 0 bridgehead atoms. The second-order valence-electron chi connectivity index (χ2n) is 9.65. The Hall–Kier alpha value is -4.23. The molecule has 190 valence electrons. The van der Waals surface area contributed by atoms with Gasteiger partial charge in [-0.1, -0.05) is 42.0 Å².